The summed E-state index contributed by atoms with van der Waals surface area (Å²) < 4.78 is 2.71. The van der Waals surface area contributed by atoms with Gasteiger partial charge in [-0.3, -0.25) is 0 Å². The summed E-state index contributed by atoms with van der Waals surface area (Å²) in [5.74, 6) is 0. The normalized spacial score (nSPS) is 10.8. The number of aryl methyl sites for hydroxylation is 3. The van der Waals surface area contributed by atoms with E-state index in [0.717, 1.165) is 34.7 Å². The number of aromatic nitrogens is 3. The monoisotopic (exact) mass is 300 g/mol. The Balaban J connectivity index is 1.96. The second kappa shape index (κ2) is 5.19. The molecule has 3 rings (SSSR count). The first-order valence-electron chi connectivity index (χ1n) is 6.21. The number of hydrogen-bond donors (Lipinski definition) is 1. The van der Waals surface area contributed by atoms with Crippen molar-refractivity contribution in [2.45, 2.75) is 19.9 Å². The molecule has 0 unspecified atom stereocenters. The molecular weight excluding hydrogens is 288 g/mol. The molecule has 0 fully saturated rings. The summed E-state index contributed by atoms with van der Waals surface area (Å²) in [5.41, 5.74) is 3.64. The van der Waals surface area contributed by atoms with Crippen molar-refractivity contribution in [2.75, 3.05) is 0 Å². The van der Waals surface area contributed by atoms with Gasteiger partial charge in [0.05, 0.1) is 27.7 Å². The maximum atomic E-state index is 9.00. The van der Waals surface area contributed by atoms with E-state index in [-0.39, 0.29) is 0 Å². The molecule has 0 aliphatic carbocycles. The Morgan fingerprint density at radius 1 is 1.50 bits per heavy atom. The van der Waals surface area contributed by atoms with Crippen LogP contribution in [-0.2, 0) is 13.0 Å². The first-order chi connectivity index (χ1) is 9.67. The number of aromatic amines is 1. The molecule has 0 saturated heterocycles. The van der Waals surface area contributed by atoms with Crippen molar-refractivity contribution in [3.8, 4) is 6.07 Å². The van der Waals surface area contributed by atoms with E-state index in [1.54, 1.807) is 17.4 Å². The Kier molecular flexibility index (Phi) is 3.38. The summed E-state index contributed by atoms with van der Waals surface area (Å²) in [6.07, 6.45) is 0.844. The Morgan fingerprint density at radius 2 is 2.35 bits per heavy atom. The van der Waals surface area contributed by atoms with Crippen LogP contribution in [0.2, 0.25) is 0 Å². The molecule has 0 saturated carbocycles. The predicted molar refractivity (Wildman–Crippen MR) is 82.4 cm³/mol. The fraction of sp³-hybridized carbons (Fsp3) is 0.214. The minimum absolute atomic E-state index is 0.644. The van der Waals surface area contributed by atoms with Gasteiger partial charge in [-0.05, 0) is 37.3 Å². The number of nitrogens with one attached hydrogen (secondary N) is 1. The predicted octanol–water partition coefficient (Wildman–Crippen LogP) is 3.58. The largest absolute Gasteiger partial charge is 0.331 e. The van der Waals surface area contributed by atoms with Gasteiger partial charge in [-0.2, -0.15) is 5.26 Å². The van der Waals surface area contributed by atoms with Crippen LogP contribution in [0, 0.1) is 23.0 Å². The number of hydrogen-bond acceptors (Lipinski definition) is 4. The third kappa shape index (κ3) is 2.38. The van der Waals surface area contributed by atoms with Crippen molar-refractivity contribution in [1.29, 1.82) is 5.26 Å². The van der Waals surface area contributed by atoms with Crippen LogP contribution in [0.3, 0.4) is 0 Å². The molecule has 20 heavy (non-hydrogen) atoms. The summed E-state index contributed by atoms with van der Waals surface area (Å²) in [5, 5.41) is 12.2. The molecule has 2 heterocycles. The summed E-state index contributed by atoms with van der Waals surface area (Å²) in [4.78, 5) is 7.63. The van der Waals surface area contributed by atoms with E-state index < -0.39 is 0 Å². The van der Waals surface area contributed by atoms with Crippen LogP contribution in [0.1, 0.15) is 16.3 Å². The Bertz CT molecular complexity index is 863. The minimum atomic E-state index is 0.644. The van der Waals surface area contributed by atoms with E-state index in [2.05, 4.69) is 21.4 Å². The highest BCUT2D eigenvalue weighted by molar-refractivity contribution is 7.71. The number of imidazole rings is 1. The van der Waals surface area contributed by atoms with E-state index in [1.165, 1.54) is 0 Å². The highest BCUT2D eigenvalue weighted by Crippen LogP contribution is 2.17. The van der Waals surface area contributed by atoms with Gasteiger partial charge in [0.2, 0.25) is 0 Å². The van der Waals surface area contributed by atoms with Gasteiger partial charge in [0.25, 0.3) is 0 Å². The number of nitrogens with zero attached hydrogens (tertiary/aromatic N) is 3. The van der Waals surface area contributed by atoms with E-state index in [4.69, 9.17) is 17.5 Å². The lowest BCUT2D eigenvalue weighted by Gasteiger charge is -2.03. The van der Waals surface area contributed by atoms with Crippen molar-refractivity contribution in [1.82, 2.24) is 14.5 Å². The Labute approximate surface area is 125 Å². The number of fused-ring (bicyclic) bond motifs is 1. The molecule has 100 valence electrons. The zero-order valence-corrected chi connectivity index (χ0v) is 12.5. The van der Waals surface area contributed by atoms with Gasteiger partial charge in [-0.25, -0.2) is 4.98 Å². The highest BCUT2D eigenvalue weighted by atomic mass is 32.1. The number of thiazole rings is 1. The summed E-state index contributed by atoms with van der Waals surface area (Å²) in [6, 6.07) is 7.72. The topological polar surface area (TPSA) is 57.4 Å². The first kappa shape index (κ1) is 13.0. The van der Waals surface area contributed by atoms with Crippen LogP contribution in [0.15, 0.2) is 23.6 Å². The number of H-pyrrole nitrogens is 1. The summed E-state index contributed by atoms with van der Waals surface area (Å²) in [6.45, 7) is 2.76. The lowest BCUT2D eigenvalue weighted by atomic mass is 10.2. The fourth-order valence-electron chi connectivity index (χ4n) is 2.17. The van der Waals surface area contributed by atoms with Gasteiger partial charge in [0.1, 0.15) is 0 Å². The van der Waals surface area contributed by atoms with E-state index in [0.29, 0.717) is 10.3 Å². The quantitative estimate of drug-likeness (QED) is 0.752. The number of nitriles is 1. The molecule has 6 heteroatoms. The average molecular weight is 300 g/mol. The maximum absolute atomic E-state index is 9.00. The van der Waals surface area contributed by atoms with Crippen molar-refractivity contribution >= 4 is 34.6 Å². The van der Waals surface area contributed by atoms with E-state index in [1.807, 2.05) is 23.6 Å². The zero-order chi connectivity index (χ0) is 14.1. The molecule has 1 aromatic carbocycles. The molecule has 0 aliphatic rings. The van der Waals surface area contributed by atoms with Gasteiger partial charge in [0.15, 0.2) is 4.77 Å². The second-order valence-electron chi connectivity index (χ2n) is 4.56. The maximum Gasteiger partial charge on any atom is 0.178 e. The van der Waals surface area contributed by atoms with Crippen LogP contribution >= 0.6 is 23.6 Å². The van der Waals surface area contributed by atoms with Crippen molar-refractivity contribution < 1.29 is 0 Å². The third-order valence-corrected chi connectivity index (χ3v) is 4.47. The minimum Gasteiger partial charge on any atom is -0.331 e. The summed E-state index contributed by atoms with van der Waals surface area (Å²) >= 11 is 7.03. The van der Waals surface area contributed by atoms with Crippen LogP contribution in [0.5, 0.6) is 0 Å². The van der Waals surface area contributed by atoms with E-state index >= 15 is 0 Å². The van der Waals surface area contributed by atoms with Gasteiger partial charge < -0.3 is 9.55 Å². The Morgan fingerprint density at radius 3 is 3.05 bits per heavy atom. The molecule has 0 atom stereocenters. The molecule has 4 nitrogen and oxygen atoms in total. The van der Waals surface area contributed by atoms with Gasteiger partial charge in [-0.15, -0.1) is 11.3 Å². The summed E-state index contributed by atoms with van der Waals surface area (Å²) in [7, 11) is 0. The molecular formula is C14H12N4S2. The molecule has 1 N–H and O–H groups in total. The lowest BCUT2D eigenvalue weighted by molar-refractivity contribution is 0.702. The van der Waals surface area contributed by atoms with Crippen LogP contribution < -0.4 is 0 Å². The standard InChI is InChI=1S/C14H12N4S2/c1-9-8-20-13(16-9)4-5-18-12-6-10(7-15)2-3-11(12)17-14(18)19/h2-3,6,8H,4-5H2,1H3,(H,17,19). The van der Waals surface area contributed by atoms with Crippen molar-refractivity contribution in [3.63, 3.8) is 0 Å². The average Bonchev–Trinajstić information content (AvgIpc) is 2.98. The molecule has 0 bridgehead atoms. The smallest absolute Gasteiger partial charge is 0.178 e. The second-order valence-corrected chi connectivity index (χ2v) is 5.89. The first-order valence-corrected chi connectivity index (χ1v) is 7.50. The molecule has 0 aliphatic heterocycles. The van der Waals surface area contributed by atoms with E-state index in [9.17, 15) is 0 Å². The van der Waals surface area contributed by atoms with Crippen molar-refractivity contribution in [3.05, 3.63) is 44.6 Å². The molecule has 2 aromatic heterocycles. The SMILES string of the molecule is Cc1csc(CCn2c(=S)[nH]c3ccc(C#N)cc32)n1. The van der Waals surface area contributed by atoms with Gasteiger partial charge >= 0.3 is 0 Å². The number of benzene rings is 1. The molecule has 3 aromatic rings. The van der Waals surface area contributed by atoms with Crippen LogP contribution in [-0.4, -0.2) is 14.5 Å². The molecule has 0 radical (unpaired) electrons. The van der Waals surface area contributed by atoms with Gasteiger partial charge in [0, 0.05) is 24.0 Å². The van der Waals surface area contributed by atoms with Crippen LogP contribution in [0.4, 0.5) is 0 Å². The van der Waals surface area contributed by atoms with Crippen molar-refractivity contribution in [2.24, 2.45) is 0 Å². The molecule has 0 amide bonds. The lowest BCUT2D eigenvalue weighted by Crippen LogP contribution is -2.01. The molecule has 0 spiro atoms. The zero-order valence-electron chi connectivity index (χ0n) is 10.9. The number of rotatable bonds is 3. The fourth-order valence-corrected chi connectivity index (χ4v) is 3.23. The van der Waals surface area contributed by atoms with Crippen LogP contribution in [0.25, 0.3) is 11.0 Å². The highest BCUT2D eigenvalue weighted by Gasteiger charge is 2.07. The van der Waals surface area contributed by atoms with Gasteiger partial charge in [-0.1, -0.05) is 0 Å². The third-order valence-electron chi connectivity index (χ3n) is 3.12. The Hall–Kier alpha value is -1.97.